The lowest BCUT2D eigenvalue weighted by Crippen LogP contribution is -2.57. The highest BCUT2D eigenvalue weighted by atomic mass is 16.7. The Morgan fingerprint density at radius 2 is 1.61 bits per heavy atom. The summed E-state index contributed by atoms with van der Waals surface area (Å²) in [6, 6.07) is 16.9. The van der Waals surface area contributed by atoms with E-state index in [-0.39, 0.29) is 59.8 Å². The van der Waals surface area contributed by atoms with E-state index < -0.39 is 77.9 Å². The van der Waals surface area contributed by atoms with Crippen molar-refractivity contribution in [3.63, 3.8) is 0 Å². The van der Waals surface area contributed by atoms with Gasteiger partial charge in [-0.15, -0.1) is 0 Å². The van der Waals surface area contributed by atoms with Gasteiger partial charge >= 0.3 is 18.3 Å². The van der Waals surface area contributed by atoms with Crippen LogP contribution in [0.4, 0.5) is 16.3 Å². The van der Waals surface area contributed by atoms with Crippen molar-refractivity contribution >= 4 is 69.1 Å². The predicted molar refractivity (Wildman–Crippen MR) is 258 cm³/mol. The Bertz CT molecular complexity index is 2900. The zero-order valence-corrected chi connectivity index (χ0v) is 39.9. The van der Waals surface area contributed by atoms with E-state index >= 15 is 0 Å². The molecule has 0 spiro atoms. The lowest BCUT2D eigenvalue weighted by atomic mass is 9.95. The molecular weight excluding hydrogens is 939 g/mol. The molecule has 1 saturated heterocycles. The van der Waals surface area contributed by atoms with Crippen molar-refractivity contribution in [2.45, 2.75) is 90.4 Å². The molecule has 7 rings (SSSR count). The Labute approximate surface area is 411 Å². The van der Waals surface area contributed by atoms with Crippen LogP contribution in [0.3, 0.4) is 0 Å². The van der Waals surface area contributed by atoms with Gasteiger partial charge in [0.25, 0.3) is 11.8 Å². The fourth-order valence-electron chi connectivity index (χ4n) is 8.23. The van der Waals surface area contributed by atoms with Crippen molar-refractivity contribution < 1.29 is 63.2 Å². The molecule has 0 aliphatic carbocycles. The van der Waals surface area contributed by atoms with Crippen molar-refractivity contribution in [2.75, 3.05) is 37.8 Å². The number of pyridine rings is 1. The Hall–Kier alpha value is -7.86. The number of nitrogens with one attached hydrogen (secondary N) is 3. The molecule has 3 aromatic carbocycles. The molecule has 5 aromatic rings. The van der Waals surface area contributed by atoms with Gasteiger partial charge in [-0.1, -0.05) is 50.6 Å². The molecule has 23 nitrogen and oxygen atoms in total. The van der Waals surface area contributed by atoms with E-state index in [1.807, 2.05) is 26.2 Å². The minimum Gasteiger partial charge on any atom is -0.478 e. The van der Waals surface area contributed by atoms with Crippen LogP contribution in [0.25, 0.3) is 21.9 Å². The molecular formula is C49H55N9O14. The van der Waals surface area contributed by atoms with Gasteiger partial charge in [0.15, 0.2) is 5.82 Å². The number of aryl methyl sites for hydroxylation is 1. The second kappa shape index (κ2) is 22.9. The maximum Gasteiger partial charge on any atom is 0.413 e. The maximum atomic E-state index is 13.7. The van der Waals surface area contributed by atoms with Gasteiger partial charge in [0, 0.05) is 63.0 Å². The molecule has 5 amide bonds. The van der Waals surface area contributed by atoms with Crippen molar-refractivity contribution in [3.8, 4) is 5.75 Å². The van der Waals surface area contributed by atoms with Gasteiger partial charge in [-0.3, -0.25) is 44.2 Å². The highest BCUT2D eigenvalue weighted by Gasteiger charge is 2.49. The lowest BCUT2D eigenvalue weighted by molar-refractivity contribution is -0.606. The quantitative estimate of drug-likeness (QED) is 0.0345. The number of nitrogens with zero attached hydrogens (tertiary/aromatic N) is 6. The first-order chi connectivity index (χ1) is 34.4. The van der Waals surface area contributed by atoms with Crippen LogP contribution >= 0.6 is 0 Å². The number of hydrogen-bond donors (Lipinski definition) is 6. The molecule has 2 aliphatic heterocycles. The van der Waals surface area contributed by atoms with Gasteiger partial charge in [-0.25, -0.2) is 19.6 Å². The fraction of sp³-hybridized carbons (Fsp3) is 0.388. The number of carboxylic acid groups (broad SMARTS) is 1. The molecule has 0 radical (unpaired) electrons. The molecule has 2 aliphatic rings. The van der Waals surface area contributed by atoms with Gasteiger partial charge in [0.1, 0.15) is 29.8 Å². The summed E-state index contributed by atoms with van der Waals surface area (Å²) in [5.74, 6) is -3.99. The second-order valence-electron chi connectivity index (χ2n) is 17.7. The summed E-state index contributed by atoms with van der Waals surface area (Å²) in [6.45, 7) is 3.83. The zero-order valence-electron chi connectivity index (χ0n) is 39.9. The Morgan fingerprint density at radius 3 is 2.29 bits per heavy atom. The highest BCUT2D eigenvalue weighted by molar-refractivity contribution is 6.13. The first-order valence-corrected chi connectivity index (χ1v) is 23.2. The van der Waals surface area contributed by atoms with Gasteiger partial charge in [0.2, 0.25) is 18.1 Å². The molecule has 0 saturated carbocycles. The fourth-order valence-corrected chi connectivity index (χ4v) is 8.23. The summed E-state index contributed by atoms with van der Waals surface area (Å²) >= 11 is 0. The predicted octanol–water partition coefficient (Wildman–Crippen LogP) is 3.94. The molecule has 2 aromatic heterocycles. The number of carbonyl (C=O) groups is 6. The Balaban J connectivity index is 1.12. The number of carbonyl (C=O) groups excluding carboxylic acids is 5. The molecule has 0 unspecified atom stereocenters. The number of hydrogen-bond acceptors (Lipinski definition) is 16. The van der Waals surface area contributed by atoms with E-state index in [2.05, 4.69) is 49.5 Å². The maximum absolute atomic E-state index is 13.7. The average Bonchev–Trinajstić information content (AvgIpc) is 3.87. The number of aromatic carboxylic acids is 1. The third-order valence-corrected chi connectivity index (χ3v) is 12.0. The topological polar surface area (TPSA) is 307 Å². The Kier molecular flexibility index (Phi) is 16.5. The van der Waals surface area contributed by atoms with Crippen LogP contribution in [0.1, 0.15) is 72.4 Å². The molecule has 380 valence electrons. The smallest absolute Gasteiger partial charge is 0.413 e. The van der Waals surface area contributed by atoms with Crippen LogP contribution in [-0.4, -0.2) is 132 Å². The van der Waals surface area contributed by atoms with Gasteiger partial charge in [-0.05, 0) is 67.5 Å². The summed E-state index contributed by atoms with van der Waals surface area (Å²) in [7, 11) is 3.99. The number of aliphatic hydroxyl groups excluding tert-OH is 2. The van der Waals surface area contributed by atoms with E-state index in [0.29, 0.717) is 29.4 Å². The molecule has 0 bridgehead atoms. The van der Waals surface area contributed by atoms with Crippen molar-refractivity contribution in [3.05, 3.63) is 111 Å². The van der Waals surface area contributed by atoms with E-state index in [0.717, 1.165) is 53.4 Å². The average molecular weight is 994 g/mol. The summed E-state index contributed by atoms with van der Waals surface area (Å²) < 4.78 is 18.9. The SMILES string of the molecule is CCCCc1nc2c(NC(=O)OCc3ccc(O[C@@H]4O[C@H]([N+](=O)[O-])[C@@H](C)[C@H](O)[C@H]4O)c(NC(=O)CCNC(=O)CCN4C(=O)C=CC4=O)c3)nc3cc(C(=O)O)ccc3c2n1Cc1ccc(CN(C)C)cc1. The van der Waals surface area contributed by atoms with Gasteiger partial charge in [-0.2, -0.15) is 0 Å². The number of aliphatic hydroxyl groups is 2. The number of unbranched alkanes of at least 4 members (excludes halogenated alkanes) is 1. The largest absolute Gasteiger partial charge is 0.478 e. The number of ether oxygens (including phenoxy) is 3. The molecule has 72 heavy (non-hydrogen) atoms. The summed E-state index contributed by atoms with van der Waals surface area (Å²) in [4.78, 5) is 98.8. The van der Waals surface area contributed by atoms with Gasteiger partial charge in [0.05, 0.1) is 39.2 Å². The number of imide groups is 1. The molecule has 23 heteroatoms. The third kappa shape index (κ3) is 12.4. The van der Waals surface area contributed by atoms with E-state index in [1.165, 1.54) is 37.3 Å². The number of fused-ring (bicyclic) bond motifs is 3. The number of benzene rings is 3. The van der Waals surface area contributed by atoms with Crippen LogP contribution in [0.2, 0.25) is 0 Å². The monoisotopic (exact) mass is 993 g/mol. The molecule has 6 N–H and O–H groups in total. The summed E-state index contributed by atoms with van der Waals surface area (Å²) in [6.07, 6.45) is -3.88. The van der Waals surface area contributed by atoms with Crippen LogP contribution in [0, 0.1) is 16.0 Å². The van der Waals surface area contributed by atoms with Crippen LogP contribution in [0.5, 0.6) is 5.75 Å². The first kappa shape index (κ1) is 52.0. The number of anilines is 2. The summed E-state index contributed by atoms with van der Waals surface area (Å²) in [5.41, 5.74) is 3.57. The zero-order chi connectivity index (χ0) is 51.8. The number of imidazole rings is 1. The van der Waals surface area contributed by atoms with E-state index in [9.17, 15) is 54.2 Å². The second-order valence-corrected chi connectivity index (χ2v) is 17.7. The van der Waals surface area contributed by atoms with Crippen LogP contribution in [0.15, 0.2) is 72.8 Å². The van der Waals surface area contributed by atoms with Crippen LogP contribution in [-0.2, 0) is 54.8 Å². The molecule has 4 heterocycles. The van der Waals surface area contributed by atoms with Crippen molar-refractivity contribution in [2.24, 2.45) is 5.92 Å². The number of nitro groups is 1. The van der Waals surface area contributed by atoms with Crippen LogP contribution < -0.4 is 20.7 Å². The standard InChI is InChI=1S/C49H55N9O14/c1-5-6-7-36-53-41-42(57(36)25-29-10-8-28(9-11-29)24-55(3)4)32-14-13-31(47(65)66)23-33(32)52-45(41)54-49(67)70-26-30-12-15-35(71-48-44(64)43(63)27(2)46(72-48)58(68)69)34(22-30)51-38(60)18-20-50-37(59)19-21-56-39(61)16-17-40(56)62/h8-17,22-23,27,43-44,46,48,63-64H,5-7,18-21,24-26H2,1-4H3,(H,50,59)(H,51,60)(H,65,66)(H,52,54,67)/t27-,43-,44+,46-,48+/m0/s1. The molecule has 1 fully saturated rings. The Morgan fingerprint density at radius 1 is 0.903 bits per heavy atom. The minimum absolute atomic E-state index is 0.0114. The third-order valence-electron chi connectivity index (χ3n) is 12.0. The number of rotatable bonds is 21. The number of carboxylic acids is 1. The lowest BCUT2D eigenvalue weighted by Gasteiger charge is -2.37. The molecule has 5 atom stereocenters. The first-order valence-electron chi connectivity index (χ1n) is 23.2. The minimum atomic E-state index is -1.77. The van der Waals surface area contributed by atoms with Crippen molar-refractivity contribution in [1.82, 2.24) is 29.7 Å². The highest BCUT2D eigenvalue weighted by Crippen LogP contribution is 2.35. The summed E-state index contributed by atoms with van der Waals surface area (Å²) in [5, 5.41) is 51.5. The van der Waals surface area contributed by atoms with E-state index in [1.54, 1.807) is 6.07 Å². The number of aromatic nitrogens is 3. The van der Waals surface area contributed by atoms with E-state index in [4.69, 9.17) is 19.2 Å². The van der Waals surface area contributed by atoms with Crippen molar-refractivity contribution in [1.29, 1.82) is 0 Å². The normalized spacial score (nSPS) is 18.7. The van der Waals surface area contributed by atoms with Gasteiger partial charge < -0.3 is 44.9 Å². The number of amides is 5.